The normalized spacial score (nSPS) is 15.4. The number of benzene rings is 3. The molecule has 1 fully saturated rings. The molecule has 0 bridgehead atoms. The van der Waals surface area contributed by atoms with Gasteiger partial charge < -0.3 is 4.40 Å². The molecule has 0 amide bonds. The molecule has 0 radical (unpaired) electrons. The average molecular weight is 443 g/mol. The Morgan fingerprint density at radius 1 is 0.912 bits per heavy atom. The highest BCUT2D eigenvalue weighted by molar-refractivity contribution is 6.26. The lowest BCUT2D eigenvalue weighted by Crippen LogP contribution is -2.29. The van der Waals surface area contributed by atoms with Crippen molar-refractivity contribution >= 4 is 54.7 Å². The fourth-order valence-corrected chi connectivity index (χ4v) is 6.66. The van der Waals surface area contributed by atoms with Crippen molar-refractivity contribution in [3.05, 3.63) is 76.8 Å². The highest BCUT2D eigenvalue weighted by atomic mass is 15.0. The first-order valence-corrected chi connectivity index (χ1v) is 12.5. The van der Waals surface area contributed by atoms with Gasteiger partial charge in [0, 0.05) is 22.4 Å². The van der Waals surface area contributed by atoms with Crippen molar-refractivity contribution in [2.75, 3.05) is 0 Å². The molecule has 0 saturated heterocycles. The van der Waals surface area contributed by atoms with Gasteiger partial charge in [0.05, 0.1) is 28.4 Å². The van der Waals surface area contributed by atoms with Gasteiger partial charge in [-0.1, -0.05) is 37.5 Å². The lowest BCUT2D eigenvalue weighted by Gasteiger charge is -2.23. The molecule has 3 heteroatoms. The average Bonchev–Trinajstić information content (AvgIpc) is 3.19. The second-order valence-electron chi connectivity index (χ2n) is 10.4. The summed E-state index contributed by atoms with van der Waals surface area (Å²) in [6.07, 6.45) is 8.84. The first kappa shape index (κ1) is 19.8. The van der Waals surface area contributed by atoms with E-state index in [1.807, 2.05) is 6.07 Å². The van der Waals surface area contributed by atoms with Crippen LogP contribution in [0.25, 0.3) is 53.8 Å². The third-order valence-corrected chi connectivity index (χ3v) is 8.48. The first-order valence-electron chi connectivity index (χ1n) is 12.5. The maximum atomic E-state index is 7.65. The number of nitrogens with zero attached hydrogens (tertiary/aromatic N) is 3. The molecule has 1 aliphatic rings. The van der Waals surface area contributed by atoms with Gasteiger partial charge in [-0.05, 0) is 72.9 Å². The summed E-state index contributed by atoms with van der Waals surface area (Å²) < 4.78 is 4.78. The quantitative estimate of drug-likeness (QED) is 0.106. The Morgan fingerprint density at radius 3 is 2.53 bits per heavy atom. The summed E-state index contributed by atoms with van der Waals surface area (Å²) in [7, 11) is 2.18. The largest absolute Gasteiger partial charge is 0.309 e. The number of aryl methyl sites for hydroxylation is 3. The molecule has 1 aliphatic carbocycles. The topological polar surface area (TPSA) is 12.6 Å². The predicted octanol–water partition coefficient (Wildman–Crippen LogP) is 8.03. The number of aromatic nitrogens is 2. The zero-order valence-corrected chi connectivity index (χ0v) is 20.1. The fourth-order valence-electron chi connectivity index (χ4n) is 6.66. The summed E-state index contributed by atoms with van der Waals surface area (Å²) in [5.41, 5.74) is 9.86. The van der Waals surface area contributed by atoms with Crippen molar-refractivity contribution in [2.45, 2.75) is 51.9 Å². The Kier molecular flexibility index (Phi) is 4.04. The van der Waals surface area contributed by atoms with E-state index in [2.05, 4.69) is 77.3 Å². The van der Waals surface area contributed by atoms with Crippen LogP contribution in [-0.4, -0.2) is 4.40 Å². The minimum Gasteiger partial charge on any atom is -0.309 e. The van der Waals surface area contributed by atoms with Gasteiger partial charge in [-0.15, -0.1) is 0 Å². The summed E-state index contributed by atoms with van der Waals surface area (Å²) in [5.74, 6) is 0.643. The molecule has 7 rings (SSSR count). The van der Waals surface area contributed by atoms with Gasteiger partial charge in [-0.3, -0.25) is 0 Å². The molecule has 34 heavy (non-hydrogen) atoms. The van der Waals surface area contributed by atoms with Crippen LogP contribution < -0.4 is 4.57 Å². The van der Waals surface area contributed by atoms with Crippen molar-refractivity contribution in [2.24, 2.45) is 7.05 Å². The minimum absolute atomic E-state index is 0.643. The fraction of sp³-hybridized carbons (Fsp3) is 0.290. The number of hydrogen-bond donors (Lipinski definition) is 0. The predicted molar refractivity (Wildman–Crippen MR) is 141 cm³/mol. The van der Waals surface area contributed by atoms with Gasteiger partial charge in [0.2, 0.25) is 5.52 Å². The smallest absolute Gasteiger partial charge is 0.224 e. The maximum Gasteiger partial charge on any atom is 0.224 e. The van der Waals surface area contributed by atoms with Gasteiger partial charge in [-0.25, -0.2) is 9.41 Å². The van der Waals surface area contributed by atoms with E-state index < -0.39 is 0 Å². The van der Waals surface area contributed by atoms with Crippen molar-refractivity contribution in [3.63, 3.8) is 0 Å². The molecule has 3 heterocycles. The van der Waals surface area contributed by atoms with Crippen LogP contribution in [-0.2, 0) is 7.05 Å². The standard InChI is InChI=1S/C31H28N3/c1-18-14-25-24-11-10-23(32-3)17-26(24)34-27-16-22(20-8-6-5-7-9-20)15-21-12-13-33(4)31(29(21)27)28(19(18)2)30(25)34/h10-17,20H,5-9H2,1-2,4H3/q+1. The lowest BCUT2D eigenvalue weighted by molar-refractivity contribution is -0.643. The van der Waals surface area contributed by atoms with E-state index in [1.165, 1.54) is 92.3 Å². The monoisotopic (exact) mass is 442 g/mol. The van der Waals surface area contributed by atoms with E-state index >= 15 is 0 Å². The van der Waals surface area contributed by atoms with Crippen LogP contribution in [0.2, 0.25) is 0 Å². The van der Waals surface area contributed by atoms with Crippen molar-refractivity contribution in [1.29, 1.82) is 0 Å². The lowest BCUT2D eigenvalue weighted by atomic mass is 9.83. The van der Waals surface area contributed by atoms with E-state index in [0.717, 1.165) is 5.52 Å². The van der Waals surface area contributed by atoms with Crippen LogP contribution in [0.15, 0.2) is 48.7 Å². The molecular weight excluding hydrogens is 414 g/mol. The van der Waals surface area contributed by atoms with Crippen molar-refractivity contribution < 1.29 is 4.57 Å². The number of hydrogen-bond acceptors (Lipinski definition) is 0. The molecule has 6 aromatic rings. The highest BCUT2D eigenvalue weighted by Gasteiger charge is 2.26. The molecule has 0 spiro atoms. The summed E-state index contributed by atoms with van der Waals surface area (Å²) in [4.78, 5) is 3.77. The molecule has 0 aliphatic heterocycles. The Balaban J connectivity index is 1.79. The number of rotatable bonds is 1. The number of fused-ring (bicyclic) bond motifs is 5. The van der Waals surface area contributed by atoms with Crippen molar-refractivity contribution in [3.8, 4) is 0 Å². The maximum absolute atomic E-state index is 7.65. The summed E-state index contributed by atoms with van der Waals surface area (Å²) in [6.45, 7) is 12.1. The Labute approximate surface area is 199 Å². The van der Waals surface area contributed by atoms with E-state index in [9.17, 15) is 0 Å². The van der Waals surface area contributed by atoms with Crippen LogP contribution >= 0.6 is 0 Å². The molecular formula is C31H28N3+. The molecule has 166 valence electrons. The summed E-state index contributed by atoms with van der Waals surface area (Å²) in [6, 6.07) is 15.8. The van der Waals surface area contributed by atoms with E-state index in [4.69, 9.17) is 6.57 Å². The Bertz CT molecular complexity index is 1820. The van der Waals surface area contributed by atoms with Crippen molar-refractivity contribution in [1.82, 2.24) is 4.40 Å². The summed E-state index contributed by atoms with van der Waals surface area (Å²) in [5, 5.41) is 6.52. The van der Waals surface area contributed by atoms with Gasteiger partial charge in [0.1, 0.15) is 7.05 Å². The highest BCUT2D eigenvalue weighted by Crippen LogP contribution is 2.44. The first-order chi connectivity index (χ1) is 16.6. The van der Waals surface area contributed by atoms with Crippen LogP contribution in [0.5, 0.6) is 0 Å². The van der Waals surface area contributed by atoms with Crippen LogP contribution in [0.3, 0.4) is 0 Å². The zero-order chi connectivity index (χ0) is 23.1. The molecule has 3 nitrogen and oxygen atoms in total. The molecule has 0 unspecified atom stereocenters. The van der Waals surface area contributed by atoms with Crippen LogP contribution in [0.1, 0.15) is 54.7 Å². The molecule has 3 aromatic heterocycles. The molecule has 1 saturated carbocycles. The Morgan fingerprint density at radius 2 is 1.74 bits per heavy atom. The van der Waals surface area contributed by atoms with Gasteiger partial charge in [0.25, 0.3) is 0 Å². The third kappa shape index (κ3) is 2.49. The molecule has 3 aromatic carbocycles. The third-order valence-electron chi connectivity index (χ3n) is 8.48. The van der Waals surface area contributed by atoms with Crippen LogP contribution in [0.4, 0.5) is 5.69 Å². The van der Waals surface area contributed by atoms with E-state index in [-0.39, 0.29) is 0 Å². The number of pyridine rings is 2. The Hall–Kier alpha value is -3.64. The van der Waals surface area contributed by atoms with E-state index in [0.29, 0.717) is 11.6 Å². The molecule has 0 atom stereocenters. The van der Waals surface area contributed by atoms with Crippen LogP contribution in [0, 0.1) is 20.4 Å². The molecule has 0 N–H and O–H groups in total. The van der Waals surface area contributed by atoms with E-state index in [1.54, 1.807) is 0 Å². The van der Waals surface area contributed by atoms with Gasteiger partial charge >= 0.3 is 0 Å². The van der Waals surface area contributed by atoms with Gasteiger partial charge in [-0.2, -0.15) is 0 Å². The second-order valence-corrected chi connectivity index (χ2v) is 10.4. The SMILES string of the molecule is [C-]#[N+]c1ccc2c3cc(C)c(C)c4c3n(c2c1)c1cc(C2CCCCC2)cc2cc[n+](C)c4c21. The van der Waals surface area contributed by atoms with Gasteiger partial charge in [0.15, 0.2) is 11.9 Å². The zero-order valence-electron chi connectivity index (χ0n) is 20.1. The summed E-state index contributed by atoms with van der Waals surface area (Å²) >= 11 is 0. The second kappa shape index (κ2) is 6.93. The minimum atomic E-state index is 0.643.